The van der Waals surface area contributed by atoms with E-state index in [1.807, 2.05) is 25.1 Å². The molecule has 1 atom stereocenters. The Labute approximate surface area is 241 Å². The van der Waals surface area contributed by atoms with Crippen molar-refractivity contribution in [1.82, 2.24) is 15.0 Å². The Bertz CT molecular complexity index is 1870. The Morgan fingerprint density at radius 1 is 1.14 bits per heavy atom. The zero-order valence-electron chi connectivity index (χ0n) is 22.6. The number of aryl methyl sites for hydroxylation is 1. The number of carboxylic acids is 1. The number of H-pyrrole nitrogens is 2. The summed E-state index contributed by atoms with van der Waals surface area (Å²) in [7, 11) is 0. The van der Waals surface area contributed by atoms with Crippen LogP contribution in [0.3, 0.4) is 0 Å². The molecule has 5 aromatic rings. The van der Waals surface area contributed by atoms with Crippen LogP contribution >= 0.6 is 0 Å². The van der Waals surface area contributed by atoms with E-state index in [1.54, 1.807) is 6.20 Å². The van der Waals surface area contributed by atoms with E-state index in [1.165, 1.54) is 12.3 Å². The van der Waals surface area contributed by atoms with Crippen LogP contribution in [0.15, 0.2) is 54.9 Å². The maximum absolute atomic E-state index is 15.1. The van der Waals surface area contributed by atoms with Crippen molar-refractivity contribution in [3.05, 3.63) is 94.7 Å². The van der Waals surface area contributed by atoms with E-state index in [-0.39, 0.29) is 35.4 Å². The SMILES string of the molecule is C[C@@]1(c2c[nH]c(-c3cc(Oc4c(F)c(F)c5[nH]ccc5c4C(F)F)ccc3F)n2)CCOc2c(CCC(=O)O)cccc21. The van der Waals surface area contributed by atoms with Gasteiger partial charge in [0.15, 0.2) is 11.6 Å². The number of hydrogen-bond acceptors (Lipinski definition) is 4. The lowest BCUT2D eigenvalue weighted by Crippen LogP contribution is -2.32. The highest BCUT2D eigenvalue weighted by atomic mass is 19.3. The molecule has 7 nitrogen and oxygen atoms in total. The third kappa shape index (κ3) is 4.86. The predicted molar refractivity (Wildman–Crippen MR) is 146 cm³/mol. The molecule has 0 unspecified atom stereocenters. The van der Waals surface area contributed by atoms with Crippen molar-refractivity contribution in [1.29, 1.82) is 0 Å². The summed E-state index contributed by atoms with van der Waals surface area (Å²) in [5.74, 6) is -5.16. The number of halogens is 5. The quantitative estimate of drug-likeness (QED) is 0.159. The molecule has 3 heterocycles. The largest absolute Gasteiger partial charge is 0.493 e. The molecule has 0 aliphatic carbocycles. The van der Waals surface area contributed by atoms with Gasteiger partial charge in [-0.15, -0.1) is 0 Å². The standard InChI is InChI=1S/C31H24F5N3O4/c1-31(10-12-42-27-15(5-8-22(40)41)3-2-4-19(27)31)21-14-38-30(39-21)18-13-16(6-7-20(18)32)43-28-23(29(35)36)17-9-11-37-26(17)24(33)25(28)34/h2-4,6-7,9,11,13-14,29,37H,5,8,10,12H2,1H3,(H,38,39)(H,40,41)/t31-/m1/s1. The Balaban J connectivity index is 1.36. The second-order valence-electron chi connectivity index (χ2n) is 10.4. The lowest BCUT2D eigenvalue weighted by Gasteiger charge is -2.35. The number of alkyl halides is 2. The summed E-state index contributed by atoms with van der Waals surface area (Å²) in [4.78, 5) is 21.1. The number of carbonyl (C=O) groups is 1. The number of hydrogen-bond donors (Lipinski definition) is 3. The first-order valence-corrected chi connectivity index (χ1v) is 13.3. The Kier molecular flexibility index (Phi) is 7.07. The molecular weight excluding hydrogens is 573 g/mol. The van der Waals surface area contributed by atoms with Crippen molar-refractivity contribution in [3.8, 4) is 28.6 Å². The minimum Gasteiger partial charge on any atom is -0.493 e. The second-order valence-corrected chi connectivity index (χ2v) is 10.4. The van der Waals surface area contributed by atoms with Gasteiger partial charge in [-0.25, -0.2) is 22.5 Å². The van der Waals surface area contributed by atoms with E-state index in [0.717, 1.165) is 29.3 Å². The number of ether oxygens (including phenoxy) is 2. The van der Waals surface area contributed by atoms with E-state index >= 15 is 4.39 Å². The van der Waals surface area contributed by atoms with E-state index in [4.69, 9.17) is 14.6 Å². The summed E-state index contributed by atoms with van der Waals surface area (Å²) in [5.41, 5.74) is 0.0912. The van der Waals surface area contributed by atoms with Gasteiger partial charge in [0.25, 0.3) is 6.43 Å². The summed E-state index contributed by atoms with van der Waals surface area (Å²) in [6.45, 7) is 2.29. The normalized spacial score (nSPS) is 16.3. The first-order valence-electron chi connectivity index (χ1n) is 13.3. The van der Waals surface area contributed by atoms with Crippen molar-refractivity contribution in [2.75, 3.05) is 6.61 Å². The molecule has 0 fully saturated rings. The monoisotopic (exact) mass is 597 g/mol. The minimum absolute atomic E-state index is 0.0604. The zero-order valence-corrected chi connectivity index (χ0v) is 22.6. The van der Waals surface area contributed by atoms with Crippen LogP contribution in [0.4, 0.5) is 22.0 Å². The van der Waals surface area contributed by atoms with Crippen LogP contribution in [0.1, 0.15) is 48.6 Å². The molecule has 0 saturated carbocycles. The Morgan fingerprint density at radius 2 is 1.95 bits per heavy atom. The van der Waals surface area contributed by atoms with E-state index in [9.17, 15) is 22.4 Å². The maximum Gasteiger partial charge on any atom is 0.303 e. The van der Waals surface area contributed by atoms with Gasteiger partial charge in [-0.2, -0.15) is 4.39 Å². The summed E-state index contributed by atoms with van der Waals surface area (Å²) in [5, 5.41) is 8.89. The number of aromatic amines is 2. The molecule has 0 spiro atoms. The number of aromatic nitrogens is 3. The molecular formula is C31H24F5N3O4. The fourth-order valence-corrected chi connectivity index (χ4v) is 5.54. The van der Waals surface area contributed by atoms with Gasteiger partial charge in [0.2, 0.25) is 5.82 Å². The molecule has 0 saturated heterocycles. The van der Waals surface area contributed by atoms with Crippen LogP contribution in [0.2, 0.25) is 0 Å². The van der Waals surface area contributed by atoms with E-state index in [0.29, 0.717) is 24.5 Å². The zero-order chi connectivity index (χ0) is 30.5. The number of benzene rings is 3. The van der Waals surface area contributed by atoms with Crippen molar-refractivity contribution >= 4 is 16.9 Å². The fraction of sp³-hybridized carbons (Fsp3) is 0.226. The number of imidazole rings is 1. The van der Waals surface area contributed by atoms with Crippen LogP contribution < -0.4 is 9.47 Å². The Morgan fingerprint density at radius 3 is 2.72 bits per heavy atom. The molecule has 43 heavy (non-hydrogen) atoms. The van der Waals surface area contributed by atoms with Crippen LogP contribution in [0, 0.1) is 17.5 Å². The average Bonchev–Trinajstić information content (AvgIpc) is 3.67. The second kappa shape index (κ2) is 10.8. The summed E-state index contributed by atoms with van der Waals surface area (Å²) >= 11 is 0. The van der Waals surface area contributed by atoms with Crippen molar-refractivity contribution in [3.63, 3.8) is 0 Å². The molecule has 3 N–H and O–H groups in total. The smallest absolute Gasteiger partial charge is 0.303 e. The van der Waals surface area contributed by atoms with Gasteiger partial charge < -0.3 is 24.5 Å². The van der Waals surface area contributed by atoms with Gasteiger partial charge in [0.1, 0.15) is 23.1 Å². The first-order chi connectivity index (χ1) is 20.6. The predicted octanol–water partition coefficient (Wildman–Crippen LogP) is 7.81. The molecule has 1 aliphatic heterocycles. The first kappa shape index (κ1) is 28.3. The highest BCUT2D eigenvalue weighted by Gasteiger charge is 2.38. The number of para-hydroxylation sites is 1. The molecule has 1 aliphatic rings. The number of carboxylic acid groups (broad SMARTS) is 1. The average molecular weight is 598 g/mol. The number of aliphatic carboxylic acids is 1. The molecule has 222 valence electrons. The lowest BCUT2D eigenvalue weighted by atomic mass is 9.74. The van der Waals surface area contributed by atoms with Crippen molar-refractivity contribution in [2.45, 2.75) is 38.0 Å². The van der Waals surface area contributed by atoms with Crippen molar-refractivity contribution in [2.24, 2.45) is 0 Å². The van der Waals surface area contributed by atoms with Gasteiger partial charge >= 0.3 is 5.97 Å². The number of rotatable bonds is 8. The van der Waals surface area contributed by atoms with Crippen LogP contribution in [-0.4, -0.2) is 32.6 Å². The number of nitrogens with zero attached hydrogens (tertiary/aromatic N) is 1. The van der Waals surface area contributed by atoms with Crippen molar-refractivity contribution < 1.29 is 41.3 Å². The molecule has 12 heteroatoms. The molecule has 2 aromatic heterocycles. The van der Waals surface area contributed by atoms with Crippen LogP contribution in [0.5, 0.6) is 17.2 Å². The highest BCUT2D eigenvalue weighted by Crippen LogP contribution is 2.46. The molecule has 0 radical (unpaired) electrons. The number of fused-ring (bicyclic) bond motifs is 2. The number of nitrogens with one attached hydrogen (secondary N) is 2. The molecule has 0 amide bonds. The van der Waals surface area contributed by atoms with E-state index < -0.39 is 52.1 Å². The molecule has 6 rings (SSSR count). The molecule has 0 bridgehead atoms. The highest BCUT2D eigenvalue weighted by molar-refractivity contribution is 5.86. The third-order valence-electron chi connectivity index (χ3n) is 7.82. The van der Waals surface area contributed by atoms with Gasteiger partial charge in [0, 0.05) is 35.2 Å². The summed E-state index contributed by atoms with van der Waals surface area (Å²) in [6, 6.07) is 9.98. The van der Waals surface area contributed by atoms with Crippen LogP contribution in [0.25, 0.3) is 22.3 Å². The van der Waals surface area contributed by atoms with Gasteiger partial charge in [-0.3, -0.25) is 4.79 Å². The van der Waals surface area contributed by atoms with Gasteiger partial charge in [-0.05, 0) is 49.6 Å². The van der Waals surface area contributed by atoms with Gasteiger partial charge in [-0.1, -0.05) is 18.2 Å². The topological polar surface area (TPSA) is 100 Å². The Hall–Kier alpha value is -4.87. The van der Waals surface area contributed by atoms with E-state index in [2.05, 4.69) is 15.0 Å². The van der Waals surface area contributed by atoms with Crippen LogP contribution in [-0.2, 0) is 16.6 Å². The lowest BCUT2D eigenvalue weighted by molar-refractivity contribution is -0.136. The summed E-state index contributed by atoms with van der Waals surface area (Å²) in [6.07, 6.45) is 0.389. The third-order valence-corrected chi connectivity index (χ3v) is 7.82. The summed E-state index contributed by atoms with van der Waals surface area (Å²) < 4.78 is 84.0. The fourth-order valence-electron chi connectivity index (χ4n) is 5.54. The maximum atomic E-state index is 15.1. The van der Waals surface area contributed by atoms with Gasteiger partial charge in [0.05, 0.1) is 28.9 Å². The molecule has 3 aromatic carbocycles. The minimum atomic E-state index is -3.19.